The molecule has 3 N–H and O–H groups in total. The van der Waals surface area contributed by atoms with Gasteiger partial charge in [0.25, 0.3) is 0 Å². The zero-order valence-corrected chi connectivity index (χ0v) is 7.67. The molecule has 0 bridgehead atoms. The molecule has 72 valence electrons. The first kappa shape index (κ1) is 11.2. The molecule has 0 aliphatic carbocycles. The van der Waals surface area contributed by atoms with E-state index in [1.165, 1.54) is 0 Å². The van der Waals surface area contributed by atoms with E-state index < -0.39 is 0 Å². The Morgan fingerprint density at radius 2 is 2.25 bits per heavy atom. The minimum absolute atomic E-state index is 0.113. The molecule has 0 spiro atoms. The lowest BCUT2D eigenvalue weighted by Crippen LogP contribution is -2.42. The molecule has 5 nitrogen and oxygen atoms in total. The van der Waals surface area contributed by atoms with E-state index >= 15 is 0 Å². The minimum Gasteiger partial charge on any atom is -0.383 e. The van der Waals surface area contributed by atoms with Crippen molar-refractivity contribution in [3.63, 3.8) is 0 Å². The molecule has 0 saturated heterocycles. The summed E-state index contributed by atoms with van der Waals surface area (Å²) in [5, 5.41) is 2.53. The van der Waals surface area contributed by atoms with Gasteiger partial charge in [0.2, 0.25) is 0 Å². The summed E-state index contributed by atoms with van der Waals surface area (Å²) in [7, 11) is 3.20. The molecular weight excluding hydrogens is 158 g/mol. The van der Waals surface area contributed by atoms with E-state index in [4.69, 9.17) is 10.5 Å². The van der Waals surface area contributed by atoms with Crippen molar-refractivity contribution >= 4 is 6.03 Å². The van der Waals surface area contributed by atoms with Crippen molar-refractivity contribution in [1.82, 2.24) is 10.2 Å². The van der Waals surface area contributed by atoms with E-state index in [-0.39, 0.29) is 6.03 Å². The van der Waals surface area contributed by atoms with Crippen LogP contribution in [0.25, 0.3) is 0 Å². The lowest BCUT2D eigenvalue weighted by Gasteiger charge is -2.20. The third kappa shape index (κ3) is 4.15. The Labute approximate surface area is 72.9 Å². The zero-order valence-electron chi connectivity index (χ0n) is 7.67. The molecule has 5 heteroatoms. The Kier molecular flexibility index (Phi) is 6.41. The molecule has 2 amide bonds. The molecule has 0 rings (SSSR count). The smallest absolute Gasteiger partial charge is 0.317 e. The fraction of sp³-hybridized carbons (Fsp3) is 0.857. The van der Waals surface area contributed by atoms with Crippen LogP contribution in [-0.2, 0) is 4.74 Å². The third-order valence-corrected chi connectivity index (χ3v) is 1.47. The molecule has 0 atom stereocenters. The van der Waals surface area contributed by atoms with E-state index in [2.05, 4.69) is 5.32 Å². The first-order chi connectivity index (χ1) is 5.76. The molecule has 0 aromatic carbocycles. The Morgan fingerprint density at radius 1 is 1.58 bits per heavy atom. The third-order valence-electron chi connectivity index (χ3n) is 1.47. The maximum Gasteiger partial charge on any atom is 0.317 e. The highest BCUT2D eigenvalue weighted by Gasteiger charge is 2.08. The molecule has 0 heterocycles. The number of nitrogens with one attached hydrogen (secondary N) is 1. The number of urea groups is 1. The zero-order chi connectivity index (χ0) is 9.40. The molecule has 12 heavy (non-hydrogen) atoms. The largest absolute Gasteiger partial charge is 0.383 e. The fourth-order valence-electron chi connectivity index (χ4n) is 0.830. The maximum absolute atomic E-state index is 11.1. The van der Waals surface area contributed by atoms with Crippen LogP contribution in [0.15, 0.2) is 0 Å². The molecule has 0 aliphatic rings. The van der Waals surface area contributed by atoms with Crippen molar-refractivity contribution in [3.05, 3.63) is 0 Å². The quantitative estimate of drug-likeness (QED) is 0.576. The highest BCUT2D eigenvalue weighted by Crippen LogP contribution is 1.87. The van der Waals surface area contributed by atoms with E-state index in [1.807, 2.05) is 0 Å². The first-order valence-corrected chi connectivity index (χ1v) is 3.92. The number of ether oxygens (including phenoxy) is 1. The second-order valence-corrected chi connectivity index (χ2v) is 2.32. The minimum atomic E-state index is -0.113. The maximum atomic E-state index is 11.1. The second kappa shape index (κ2) is 6.87. The molecule has 0 radical (unpaired) electrons. The van der Waals surface area contributed by atoms with E-state index in [1.54, 1.807) is 19.1 Å². The second-order valence-electron chi connectivity index (χ2n) is 2.32. The number of hydrogen-bond donors (Lipinski definition) is 2. The average molecular weight is 175 g/mol. The topological polar surface area (TPSA) is 67.6 Å². The Balaban J connectivity index is 3.76. The predicted octanol–water partition coefficient (Wildman–Crippen LogP) is -0.767. The Morgan fingerprint density at radius 3 is 2.67 bits per heavy atom. The van der Waals surface area contributed by atoms with Crippen LogP contribution in [0, 0.1) is 0 Å². The lowest BCUT2D eigenvalue weighted by molar-refractivity contribution is 0.151. The first-order valence-electron chi connectivity index (χ1n) is 3.92. The van der Waals surface area contributed by atoms with E-state index in [9.17, 15) is 4.79 Å². The van der Waals surface area contributed by atoms with Crippen LogP contribution in [0.2, 0.25) is 0 Å². The van der Waals surface area contributed by atoms with Crippen LogP contribution in [0.3, 0.4) is 0 Å². The Hall–Kier alpha value is -0.810. The predicted molar refractivity (Wildman–Crippen MR) is 47.0 cm³/mol. The molecular formula is C7H17N3O2. The SMILES string of the molecule is CNC(=O)N(CCN)CCOC. The van der Waals surface area contributed by atoms with Gasteiger partial charge in [0.05, 0.1) is 6.61 Å². The van der Waals surface area contributed by atoms with E-state index in [0.29, 0.717) is 26.2 Å². The molecule has 0 aromatic heterocycles. The highest BCUT2D eigenvalue weighted by molar-refractivity contribution is 5.73. The van der Waals surface area contributed by atoms with E-state index in [0.717, 1.165) is 0 Å². The van der Waals surface area contributed by atoms with Crippen molar-refractivity contribution in [2.75, 3.05) is 40.4 Å². The van der Waals surface area contributed by atoms with Crippen LogP contribution >= 0.6 is 0 Å². The number of amides is 2. The lowest BCUT2D eigenvalue weighted by atomic mass is 10.5. The van der Waals surface area contributed by atoms with Gasteiger partial charge in [-0.1, -0.05) is 0 Å². The number of hydrogen-bond acceptors (Lipinski definition) is 3. The van der Waals surface area contributed by atoms with Gasteiger partial charge in [0.1, 0.15) is 0 Å². The van der Waals surface area contributed by atoms with Gasteiger partial charge in [-0.15, -0.1) is 0 Å². The summed E-state index contributed by atoms with van der Waals surface area (Å²) in [5.41, 5.74) is 5.33. The van der Waals surface area contributed by atoms with Gasteiger partial charge in [-0.3, -0.25) is 0 Å². The summed E-state index contributed by atoms with van der Waals surface area (Å²) < 4.78 is 4.85. The van der Waals surface area contributed by atoms with Gasteiger partial charge in [-0.05, 0) is 0 Å². The number of methoxy groups -OCH3 is 1. The van der Waals surface area contributed by atoms with Crippen LogP contribution in [0.1, 0.15) is 0 Å². The molecule has 0 unspecified atom stereocenters. The van der Waals surface area contributed by atoms with Crippen molar-refractivity contribution in [1.29, 1.82) is 0 Å². The van der Waals surface area contributed by atoms with Crippen molar-refractivity contribution < 1.29 is 9.53 Å². The number of carbonyl (C=O) groups excluding carboxylic acids is 1. The fourth-order valence-corrected chi connectivity index (χ4v) is 0.830. The monoisotopic (exact) mass is 175 g/mol. The molecule has 0 fully saturated rings. The summed E-state index contributed by atoms with van der Waals surface area (Å²) >= 11 is 0. The number of nitrogens with two attached hydrogens (primary N) is 1. The van der Waals surface area contributed by atoms with Gasteiger partial charge in [-0.25, -0.2) is 4.79 Å². The highest BCUT2D eigenvalue weighted by atomic mass is 16.5. The Bertz CT molecular complexity index is 130. The van der Waals surface area contributed by atoms with Gasteiger partial charge >= 0.3 is 6.03 Å². The van der Waals surface area contributed by atoms with Crippen LogP contribution < -0.4 is 11.1 Å². The van der Waals surface area contributed by atoms with Crippen LogP contribution in [0.4, 0.5) is 4.79 Å². The van der Waals surface area contributed by atoms with Gasteiger partial charge in [-0.2, -0.15) is 0 Å². The summed E-state index contributed by atoms with van der Waals surface area (Å²) in [5.74, 6) is 0. The summed E-state index contributed by atoms with van der Waals surface area (Å²) in [4.78, 5) is 12.7. The van der Waals surface area contributed by atoms with Gasteiger partial charge in [0, 0.05) is 33.8 Å². The van der Waals surface area contributed by atoms with Crippen molar-refractivity contribution in [2.45, 2.75) is 0 Å². The number of nitrogens with zero attached hydrogens (tertiary/aromatic N) is 1. The summed E-state index contributed by atoms with van der Waals surface area (Å²) in [6, 6.07) is -0.113. The molecule has 0 aliphatic heterocycles. The molecule has 0 aromatic rings. The van der Waals surface area contributed by atoms with Crippen LogP contribution in [0.5, 0.6) is 0 Å². The van der Waals surface area contributed by atoms with Gasteiger partial charge < -0.3 is 20.7 Å². The van der Waals surface area contributed by atoms with Gasteiger partial charge in [0.15, 0.2) is 0 Å². The van der Waals surface area contributed by atoms with Crippen molar-refractivity contribution in [2.24, 2.45) is 5.73 Å². The normalized spacial score (nSPS) is 9.58. The molecule has 0 saturated carbocycles. The standard InChI is InChI=1S/C7H17N3O2/c1-9-7(11)10(4-3-8)5-6-12-2/h3-6,8H2,1-2H3,(H,9,11). The number of rotatable bonds is 5. The van der Waals surface area contributed by atoms with Crippen molar-refractivity contribution in [3.8, 4) is 0 Å². The summed E-state index contributed by atoms with van der Waals surface area (Å²) in [6.07, 6.45) is 0. The number of carbonyl (C=O) groups is 1. The average Bonchev–Trinajstić information content (AvgIpc) is 2.11. The summed E-state index contributed by atoms with van der Waals surface area (Å²) in [6.45, 7) is 2.14. The van der Waals surface area contributed by atoms with Crippen LogP contribution in [-0.4, -0.2) is 51.3 Å².